The second-order valence-electron chi connectivity index (χ2n) is 8.90. The standard InChI is InChI=1S/C21H32N2O3S/c1-20(2)10-8-15(9-11-20)18-14-16(6-7-17(18)19(22)24)21(3,4)23-12-13-27(5,25)26/h6-8,14,23H,9-13H2,1-5H3,(H2,22,24). The maximum absolute atomic E-state index is 11.9. The molecule has 0 unspecified atom stereocenters. The Morgan fingerprint density at radius 1 is 1.30 bits per heavy atom. The summed E-state index contributed by atoms with van der Waals surface area (Å²) in [5.74, 6) is -0.340. The molecule has 0 spiro atoms. The van der Waals surface area contributed by atoms with E-state index in [1.165, 1.54) is 6.26 Å². The van der Waals surface area contributed by atoms with Crippen molar-refractivity contribution in [2.24, 2.45) is 11.1 Å². The molecule has 5 nitrogen and oxygen atoms in total. The fourth-order valence-corrected chi connectivity index (χ4v) is 3.86. The molecule has 1 aliphatic carbocycles. The number of amides is 1. The molecule has 0 saturated carbocycles. The maximum Gasteiger partial charge on any atom is 0.249 e. The van der Waals surface area contributed by atoms with Gasteiger partial charge >= 0.3 is 0 Å². The number of benzene rings is 1. The number of carbonyl (C=O) groups excluding carboxylic acids is 1. The van der Waals surface area contributed by atoms with Gasteiger partial charge in [-0.05, 0) is 67.4 Å². The summed E-state index contributed by atoms with van der Waals surface area (Å²) in [4.78, 5) is 11.9. The number of nitrogens with two attached hydrogens (primary N) is 1. The molecule has 3 N–H and O–H groups in total. The second-order valence-corrected chi connectivity index (χ2v) is 11.2. The van der Waals surface area contributed by atoms with Crippen LogP contribution in [-0.2, 0) is 15.4 Å². The number of primary amides is 1. The van der Waals surface area contributed by atoms with Gasteiger partial charge in [0, 0.05) is 23.9 Å². The Hall–Kier alpha value is -1.66. The molecule has 0 radical (unpaired) electrons. The fraction of sp³-hybridized carbons (Fsp3) is 0.571. The molecule has 0 fully saturated rings. The van der Waals surface area contributed by atoms with Crippen LogP contribution in [0.5, 0.6) is 0 Å². The number of rotatable bonds is 7. The highest BCUT2D eigenvalue weighted by atomic mass is 32.2. The predicted octanol–water partition coefficient (Wildman–Crippen LogP) is 3.25. The topological polar surface area (TPSA) is 89.3 Å². The average molecular weight is 393 g/mol. The molecule has 0 aliphatic heterocycles. The third-order valence-electron chi connectivity index (χ3n) is 5.36. The molecule has 2 rings (SSSR count). The Morgan fingerprint density at radius 3 is 2.48 bits per heavy atom. The van der Waals surface area contributed by atoms with Crippen LogP contribution < -0.4 is 11.1 Å². The van der Waals surface area contributed by atoms with Crippen LogP contribution >= 0.6 is 0 Å². The van der Waals surface area contributed by atoms with Crippen molar-refractivity contribution in [3.05, 3.63) is 41.0 Å². The third-order valence-corrected chi connectivity index (χ3v) is 6.31. The number of allylic oxidation sites excluding steroid dienone is 2. The zero-order chi connectivity index (χ0) is 20.5. The molecule has 6 heteroatoms. The minimum Gasteiger partial charge on any atom is -0.366 e. The molecule has 150 valence electrons. The molecule has 0 aromatic heterocycles. The van der Waals surface area contributed by atoms with Crippen molar-refractivity contribution in [2.75, 3.05) is 18.6 Å². The molecule has 0 atom stereocenters. The van der Waals surface area contributed by atoms with Gasteiger partial charge in [0.05, 0.1) is 5.75 Å². The van der Waals surface area contributed by atoms with E-state index in [0.29, 0.717) is 12.1 Å². The predicted molar refractivity (Wildman–Crippen MR) is 111 cm³/mol. The van der Waals surface area contributed by atoms with Gasteiger partial charge in [-0.15, -0.1) is 0 Å². The molecular weight excluding hydrogens is 360 g/mol. The van der Waals surface area contributed by atoms with E-state index in [0.717, 1.165) is 36.0 Å². The van der Waals surface area contributed by atoms with E-state index < -0.39 is 21.3 Å². The highest BCUT2D eigenvalue weighted by molar-refractivity contribution is 7.90. The number of nitrogens with one attached hydrogen (secondary N) is 1. The van der Waals surface area contributed by atoms with E-state index in [1.807, 2.05) is 26.0 Å². The quantitative estimate of drug-likeness (QED) is 0.745. The van der Waals surface area contributed by atoms with Crippen molar-refractivity contribution in [3.63, 3.8) is 0 Å². The smallest absolute Gasteiger partial charge is 0.249 e. The van der Waals surface area contributed by atoms with Crippen molar-refractivity contribution in [3.8, 4) is 0 Å². The lowest BCUT2D eigenvalue weighted by atomic mass is 9.76. The van der Waals surface area contributed by atoms with E-state index in [1.54, 1.807) is 6.07 Å². The summed E-state index contributed by atoms with van der Waals surface area (Å²) in [5, 5.41) is 3.31. The molecule has 27 heavy (non-hydrogen) atoms. The van der Waals surface area contributed by atoms with Gasteiger partial charge < -0.3 is 11.1 Å². The monoisotopic (exact) mass is 392 g/mol. The van der Waals surface area contributed by atoms with Crippen LogP contribution in [0.1, 0.15) is 68.4 Å². The van der Waals surface area contributed by atoms with E-state index in [4.69, 9.17) is 5.73 Å². The zero-order valence-electron chi connectivity index (χ0n) is 17.1. The highest BCUT2D eigenvalue weighted by Gasteiger charge is 2.26. The van der Waals surface area contributed by atoms with Crippen molar-refractivity contribution in [1.29, 1.82) is 0 Å². The van der Waals surface area contributed by atoms with Crippen molar-refractivity contribution < 1.29 is 13.2 Å². The van der Waals surface area contributed by atoms with E-state index >= 15 is 0 Å². The summed E-state index contributed by atoms with van der Waals surface area (Å²) in [5.41, 5.74) is 9.07. The zero-order valence-corrected chi connectivity index (χ0v) is 17.9. The van der Waals surface area contributed by atoms with Gasteiger partial charge in [-0.25, -0.2) is 8.42 Å². The second kappa shape index (κ2) is 7.76. The van der Waals surface area contributed by atoms with Gasteiger partial charge in [0.15, 0.2) is 0 Å². The minimum absolute atomic E-state index is 0.0862. The SMILES string of the molecule is CC1(C)CC=C(c2cc(C(C)(C)NCCS(C)(=O)=O)ccc2C(N)=O)CC1. The Morgan fingerprint density at radius 2 is 1.96 bits per heavy atom. The lowest BCUT2D eigenvalue weighted by molar-refractivity contribution is 0.1000. The van der Waals surface area contributed by atoms with Crippen LogP contribution in [-0.4, -0.2) is 32.9 Å². The lowest BCUT2D eigenvalue weighted by Crippen LogP contribution is -2.39. The van der Waals surface area contributed by atoms with Crippen LogP contribution in [0.15, 0.2) is 24.3 Å². The fourth-order valence-electron chi connectivity index (χ4n) is 3.39. The Labute approximate surface area is 163 Å². The van der Waals surface area contributed by atoms with Crippen LogP contribution in [0.3, 0.4) is 0 Å². The molecule has 0 bridgehead atoms. The largest absolute Gasteiger partial charge is 0.366 e. The number of hydrogen-bond acceptors (Lipinski definition) is 4. The first-order chi connectivity index (χ1) is 12.3. The molecule has 1 aromatic rings. The van der Waals surface area contributed by atoms with E-state index in [9.17, 15) is 13.2 Å². The van der Waals surface area contributed by atoms with Crippen LogP contribution in [0, 0.1) is 5.41 Å². The minimum atomic E-state index is -3.02. The van der Waals surface area contributed by atoms with Crippen molar-refractivity contribution in [2.45, 2.75) is 52.5 Å². The molecule has 1 amide bonds. The normalized spacial score (nSPS) is 17.4. The van der Waals surface area contributed by atoms with Crippen molar-refractivity contribution >= 4 is 21.3 Å². The number of sulfone groups is 1. The molecule has 0 saturated heterocycles. The molecule has 0 heterocycles. The summed E-state index contributed by atoms with van der Waals surface area (Å²) in [6.07, 6.45) is 6.41. The number of carbonyl (C=O) groups is 1. The van der Waals surface area contributed by atoms with Crippen LogP contribution in [0.25, 0.3) is 5.57 Å². The maximum atomic E-state index is 11.9. The van der Waals surface area contributed by atoms with Gasteiger partial charge in [0.2, 0.25) is 5.91 Å². The summed E-state index contributed by atoms with van der Waals surface area (Å²) in [6, 6.07) is 5.70. The van der Waals surface area contributed by atoms with Crippen LogP contribution in [0.4, 0.5) is 0 Å². The lowest BCUT2D eigenvalue weighted by Gasteiger charge is -2.31. The van der Waals surface area contributed by atoms with Gasteiger partial charge in [0.25, 0.3) is 0 Å². The summed E-state index contributed by atoms with van der Waals surface area (Å²) < 4.78 is 22.8. The Balaban J connectivity index is 2.34. The van der Waals surface area contributed by atoms with E-state index in [2.05, 4.69) is 25.2 Å². The average Bonchev–Trinajstić information content (AvgIpc) is 2.52. The van der Waals surface area contributed by atoms with E-state index in [-0.39, 0.29) is 11.2 Å². The summed E-state index contributed by atoms with van der Waals surface area (Å²) in [6.45, 7) is 8.89. The molecular formula is C21H32N2O3S. The summed E-state index contributed by atoms with van der Waals surface area (Å²) >= 11 is 0. The number of hydrogen-bond donors (Lipinski definition) is 2. The molecule has 1 aromatic carbocycles. The van der Waals surface area contributed by atoms with Gasteiger partial charge in [-0.1, -0.05) is 26.0 Å². The van der Waals surface area contributed by atoms with Crippen molar-refractivity contribution in [1.82, 2.24) is 5.32 Å². The Kier molecular flexibility index (Phi) is 6.22. The summed E-state index contributed by atoms with van der Waals surface area (Å²) in [7, 11) is -3.02. The van der Waals surface area contributed by atoms with Gasteiger partial charge in [0.1, 0.15) is 9.84 Å². The molecule has 1 aliphatic rings. The first kappa shape index (κ1) is 21.6. The highest BCUT2D eigenvalue weighted by Crippen LogP contribution is 2.39. The first-order valence-corrected chi connectivity index (χ1v) is 11.4. The van der Waals surface area contributed by atoms with Gasteiger partial charge in [-0.2, -0.15) is 0 Å². The Bertz CT molecular complexity index is 852. The first-order valence-electron chi connectivity index (χ1n) is 9.37. The third kappa shape index (κ3) is 5.91. The van der Waals surface area contributed by atoms with Gasteiger partial charge in [-0.3, -0.25) is 4.79 Å². The van der Waals surface area contributed by atoms with Crippen LogP contribution in [0.2, 0.25) is 0 Å².